The molecule has 3 N–H and O–H groups in total. The Hall–Kier alpha value is -1.00. The monoisotopic (exact) mass is 200 g/mol. The lowest BCUT2D eigenvalue weighted by molar-refractivity contribution is 0.504. The molecular weight excluding hydrogens is 186 g/mol. The van der Waals surface area contributed by atoms with Gasteiger partial charge in [-0.3, -0.25) is 0 Å². The van der Waals surface area contributed by atoms with Gasteiger partial charge in [0.2, 0.25) is 0 Å². The van der Waals surface area contributed by atoms with E-state index in [-0.39, 0.29) is 6.04 Å². The lowest BCUT2D eigenvalue weighted by Crippen LogP contribution is -2.26. The molecule has 0 aliphatic heterocycles. The molecule has 2 nitrogen and oxygen atoms in total. The van der Waals surface area contributed by atoms with E-state index >= 15 is 0 Å². The predicted octanol–water partition coefficient (Wildman–Crippen LogP) is 1.57. The van der Waals surface area contributed by atoms with E-state index in [1.807, 2.05) is 6.92 Å². The van der Waals surface area contributed by atoms with Crippen LogP contribution in [0.4, 0.5) is 8.78 Å². The molecule has 0 aromatic heterocycles. The van der Waals surface area contributed by atoms with Crippen molar-refractivity contribution in [3.8, 4) is 0 Å². The first-order chi connectivity index (χ1) is 6.65. The highest BCUT2D eigenvalue weighted by Gasteiger charge is 2.08. The highest BCUT2D eigenvalue weighted by molar-refractivity contribution is 5.21. The quantitative estimate of drug-likeness (QED) is 0.774. The molecular formula is C10H14F2N2. The molecule has 14 heavy (non-hydrogen) atoms. The molecule has 0 heterocycles. The van der Waals surface area contributed by atoms with E-state index in [1.165, 1.54) is 6.07 Å². The van der Waals surface area contributed by atoms with Crippen LogP contribution in [0.25, 0.3) is 0 Å². The summed E-state index contributed by atoms with van der Waals surface area (Å²) in [4.78, 5) is 0. The van der Waals surface area contributed by atoms with Crippen LogP contribution in [-0.2, 0) is 0 Å². The minimum absolute atomic E-state index is 0.301. The summed E-state index contributed by atoms with van der Waals surface area (Å²) in [6.07, 6.45) is 0. The van der Waals surface area contributed by atoms with Crippen molar-refractivity contribution in [1.82, 2.24) is 5.32 Å². The molecule has 1 unspecified atom stereocenters. The lowest BCUT2D eigenvalue weighted by atomic mass is 10.1. The predicted molar refractivity (Wildman–Crippen MR) is 51.8 cm³/mol. The number of nitrogens with two attached hydrogens (primary N) is 1. The van der Waals surface area contributed by atoms with Gasteiger partial charge in [-0.15, -0.1) is 0 Å². The molecule has 78 valence electrons. The summed E-state index contributed by atoms with van der Waals surface area (Å²) < 4.78 is 25.4. The Morgan fingerprint density at radius 1 is 1.36 bits per heavy atom. The molecule has 0 saturated heterocycles. The van der Waals surface area contributed by atoms with Gasteiger partial charge in [-0.25, -0.2) is 8.78 Å². The molecule has 0 radical (unpaired) electrons. The summed E-state index contributed by atoms with van der Waals surface area (Å²) in [5.74, 6) is -1.70. The van der Waals surface area contributed by atoms with E-state index in [0.29, 0.717) is 12.1 Å². The minimum atomic E-state index is -0.852. The summed E-state index contributed by atoms with van der Waals surface area (Å²) >= 11 is 0. The molecule has 1 rings (SSSR count). The summed E-state index contributed by atoms with van der Waals surface area (Å²) in [5, 5.41) is 3.04. The topological polar surface area (TPSA) is 38.0 Å². The van der Waals surface area contributed by atoms with E-state index in [4.69, 9.17) is 5.73 Å². The molecule has 1 aromatic carbocycles. The number of nitrogens with one attached hydrogen (secondary N) is 1. The zero-order chi connectivity index (χ0) is 10.6. The van der Waals surface area contributed by atoms with Gasteiger partial charge >= 0.3 is 0 Å². The maximum Gasteiger partial charge on any atom is 0.159 e. The molecule has 0 spiro atoms. The molecule has 1 atom stereocenters. The van der Waals surface area contributed by atoms with Crippen LogP contribution in [-0.4, -0.2) is 13.1 Å². The number of likely N-dealkylation sites (N-methyl/N-ethyl adjacent to an activating group) is 1. The molecule has 0 fully saturated rings. The number of hydrogen-bond donors (Lipinski definition) is 2. The van der Waals surface area contributed by atoms with Gasteiger partial charge in [0.15, 0.2) is 11.6 Å². The number of hydrogen-bond acceptors (Lipinski definition) is 2. The maximum atomic E-state index is 12.8. The Morgan fingerprint density at radius 3 is 2.64 bits per heavy atom. The Balaban J connectivity index is 2.70. The Morgan fingerprint density at radius 2 is 2.07 bits per heavy atom. The van der Waals surface area contributed by atoms with Gasteiger partial charge in [-0.05, 0) is 24.2 Å². The first kappa shape index (κ1) is 11.1. The summed E-state index contributed by atoms with van der Waals surface area (Å²) in [6, 6.07) is 3.43. The molecule has 0 saturated carbocycles. The summed E-state index contributed by atoms with van der Waals surface area (Å²) in [6.45, 7) is 3.32. The second-order valence-electron chi connectivity index (χ2n) is 3.09. The fourth-order valence-electron chi connectivity index (χ4n) is 1.16. The zero-order valence-electron chi connectivity index (χ0n) is 8.06. The molecule has 1 aromatic rings. The average Bonchev–Trinajstić information content (AvgIpc) is 2.18. The van der Waals surface area contributed by atoms with Gasteiger partial charge < -0.3 is 11.1 Å². The van der Waals surface area contributed by atoms with Crippen molar-refractivity contribution < 1.29 is 8.78 Å². The number of rotatable bonds is 4. The fourth-order valence-corrected chi connectivity index (χ4v) is 1.16. The van der Waals surface area contributed by atoms with Crippen molar-refractivity contribution in [1.29, 1.82) is 0 Å². The lowest BCUT2D eigenvalue weighted by Gasteiger charge is -2.12. The van der Waals surface area contributed by atoms with Crippen molar-refractivity contribution in [2.75, 3.05) is 13.1 Å². The third kappa shape index (κ3) is 2.75. The molecule has 4 heteroatoms. The van der Waals surface area contributed by atoms with E-state index in [9.17, 15) is 8.78 Å². The second kappa shape index (κ2) is 5.02. The van der Waals surface area contributed by atoms with Crippen LogP contribution in [0.2, 0.25) is 0 Å². The zero-order valence-corrected chi connectivity index (χ0v) is 8.06. The molecule has 0 aliphatic carbocycles. The van der Waals surface area contributed by atoms with Crippen LogP contribution < -0.4 is 11.1 Å². The van der Waals surface area contributed by atoms with Crippen molar-refractivity contribution >= 4 is 0 Å². The highest BCUT2D eigenvalue weighted by Crippen LogP contribution is 2.13. The number of halogens is 2. The van der Waals surface area contributed by atoms with E-state index in [0.717, 1.165) is 18.7 Å². The Labute approximate surface area is 82.1 Å². The highest BCUT2D eigenvalue weighted by atomic mass is 19.2. The van der Waals surface area contributed by atoms with E-state index in [1.54, 1.807) is 0 Å². The minimum Gasteiger partial charge on any atom is -0.323 e. The van der Waals surface area contributed by atoms with Crippen molar-refractivity contribution in [2.24, 2.45) is 5.73 Å². The van der Waals surface area contributed by atoms with Gasteiger partial charge in [0.05, 0.1) is 0 Å². The van der Waals surface area contributed by atoms with Crippen molar-refractivity contribution in [2.45, 2.75) is 13.0 Å². The van der Waals surface area contributed by atoms with E-state index in [2.05, 4.69) is 5.32 Å². The summed E-state index contributed by atoms with van der Waals surface area (Å²) in [7, 11) is 0. The maximum absolute atomic E-state index is 12.8. The van der Waals surface area contributed by atoms with Crippen molar-refractivity contribution in [3.05, 3.63) is 35.4 Å². The standard InChI is InChI=1S/C10H14F2N2/c1-2-14-6-10(13)7-3-4-8(11)9(12)5-7/h3-5,10,14H,2,6,13H2,1H3. The van der Waals surface area contributed by atoms with Crippen LogP contribution in [0.5, 0.6) is 0 Å². The third-order valence-electron chi connectivity index (χ3n) is 1.99. The normalized spacial score (nSPS) is 12.9. The average molecular weight is 200 g/mol. The summed E-state index contributed by atoms with van der Waals surface area (Å²) in [5.41, 5.74) is 6.35. The van der Waals surface area contributed by atoms with Crippen LogP contribution in [0.3, 0.4) is 0 Å². The van der Waals surface area contributed by atoms with Gasteiger partial charge in [-0.2, -0.15) is 0 Å². The smallest absolute Gasteiger partial charge is 0.159 e. The SMILES string of the molecule is CCNCC(N)c1ccc(F)c(F)c1. The van der Waals surface area contributed by atoms with Crippen LogP contribution in [0.15, 0.2) is 18.2 Å². The first-order valence-electron chi connectivity index (χ1n) is 4.56. The fraction of sp³-hybridized carbons (Fsp3) is 0.400. The molecule has 0 amide bonds. The van der Waals surface area contributed by atoms with Crippen LogP contribution in [0.1, 0.15) is 18.5 Å². The van der Waals surface area contributed by atoms with Crippen LogP contribution in [0, 0.1) is 11.6 Å². The van der Waals surface area contributed by atoms with Gasteiger partial charge in [0.25, 0.3) is 0 Å². The van der Waals surface area contributed by atoms with Crippen molar-refractivity contribution in [3.63, 3.8) is 0 Å². The Bertz CT molecular complexity index is 302. The number of benzene rings is 1. The third-order valence-corrected chi connectivity index (χ3v) is 1.99. The van der Waals surface area contributed by atoms with Crippen LogP contribution >= 0.6 is 0 Å². The van der Waals surface area contributed by atoms with Gasteiger partial charge in [0, 0.05) is 12.6 Å². The molecule has 0 bridgehead atoms. The largest absolute Gasteiger partial charge is 0.323 e. The molecule has 0 aliphatic rings. The van der Waals surface area contributed by atoms with E-state index < -0.39 is 11.6 Å². The Kier molecular flexibility index (Phi) is 3.98. The van der Waals surface area contributed by atoms with Gasteiger partial charge in [0.1, 0.15) is 0 Å². The van der Waals surface area contributed by atoms with Gasteiger partial charge in [-0.1, -0.05) is 13.0 Å². The first-order valence-corrected chi connectivity index (χ1v) is 4.56. The second-order valence-corrected chi connectivity index (χ2v) is 3.09.